The fraction of sp³-hybridized carbons (Fsp3) is 0.286. The van der Waals surface area contributed by atoms with Gasteiger partial charge in [-0.1, -0.05) is 23.7 Å². The zero-order chi connectivity index (χ0) is 13.7. The summed E-state index contributed by atoms with van der Waals surface area (Å²) in [6.07, 6.45) is 4.00. The molecule has 0 aliphatic carbocycles. The van der Waals surface area contributed by atoms with Gasteiger partial charge in [-0.3, -0.25) is 0 Å². The van der Waals surface area contributed by atoms with Gasteiger partial charge in [0.15, 0.2) is 0 Å². The van der Waals surface area contributed by atoms with Gasteiger partial charge in [0.25, 0.3) is 0 Å². The number of hydrogen-bond acceptors (Lipinski definition) is 4. The van der Waals surface area contributed by atoms with Crippen LogP contribution in [-0.2, 0) is 6.42 Å². The van der Waals surface area contributed by atoms with Crippen LogP contribution in [0.2, 0.25) is 5.02 Å². The molecule has 0 atom stereocenters. The van der Waals surface area contributed by atoms with Crippen molar-refractivity contribution in [2.75, 3.05) is 30.9 Å². The Hall–Kier alpha value is -1.81. The predicted octanol–water partition coefficient (Wildman–Crippen LogP) is 2.85. The minimum Gasteiger partial charge on any atom is -0.378 e. The summed E-state index contributed by atoms with van der Waals surface area (Å²) >= 11 is 5.97. The van der Waals surface area contributed by atoms with Crippen LogP contribution in [-0.4, -0.2) is 30.6 Å². The summed E-state index contributed by atoms with van der Waals surface area (Å²) in [5, 5.41) is 3.75. The minimum atomic E-state index is 0.547. The average Bonchev–Trinajstić information content (AvgIpc) is 2.41. The highest BCUT2D eigenvalue weighted by Gasteiger charge is 2.00. The quantitative estimate of drug-likeness (QED) is 0.912. The highest BCUT2D eigenvalue weighted by molar-refractivity contribution is 6.32. The second kappa shape index (κ2) is 6.38. The molecule has 0 aliphatic rings. The molecule has 0 unspecified atom stereocenters. The number of hydrogen-bond donors (Lipinski definition) is 1. The second-order valence-electron chi connectivity index (χ2n) is 4.46. The number of halogens is 1. The van der Waals surface area contributed by atoms with Crippen molar-refractivity contribution in [3.8, 4) is 0 Å². The SMILES string of the molecule is CN(C)c1ccc(CCNc2ncncc2Cl)cc1. The molecule has 0 bridgehead atoms. The molecule has 1 heterocycles. The highest BCUT2D eigenvalue weighted by atomic mass is 35.5. The van der Waals surface area contributed by atoms with E-state index in [1.54, 1.807) is 6.20 Å². The van der Waals surface area contributed by atoms with E-state index in [0.717, 1.165) is 13.0 Å². The van der Waals surface area contributed by atoms with Crippen LogP contribution in [0.4, 0.5) is 11.5 Å². The van der Waals surface area contributed by atoms with Gasteiger partial charge < -0.3 is 10.2 Å². The van der Waals surface area contributed by atoms with E-state index in [4.69, 9.17) is 11.6 Å². The summed E-state index contributed by atoms with van der Waals surface area (Å²) < 4.78 is 0. The third-order valence-corrected chi connectivity index (χ3v) is 3.10. The van der Waals surface area contributed by atoms with Gasteiger partial charge in [0, 0.05) is 26.3 Å². The van der Waals surface area contributed by atoms with E-state index in [1.165, 1.54) is 17.6 Å². The normalized spacial score (nSPS) is 10.3. The summed E-state index contributed by atoms with van der Waals surface area (Å²) in [6, 6.07) is 8.51. The molecule has 1 N–H and O–H groups in total. The molecule has 19 heavy (non-hydrogen) atoms. The summed E-state index contributed by atoms with van der Waals surface area (Å²) in [6.45, 7) is 0.790. The van der Waals surface area contributed by atoms with E-state index in [2.05, 4.69) is 44.5 Å². The lowest BCUT2D eigenvalue weighted by Gasteiger charge is -2.13. The fourth-order valence-corrected chi connectivity index (χ4v) is 1.90. The van der Waals surface area contributed by atoms with Gasteiger partial charge in [0.1, 0.15) is 17.2 Å². The predicted molar refractivity (Wildman–Crippen MR) is 80.0 cm³/mol. The van der Waals surface area contributed by atoms with Crippen molar-refractivity contribution in [3.05, 3.63) is 47.4 Å². The first-order chi connectivity index (χ1) is 9.16. The molecule has 0 saturated heterocycles. The molecule has 0 amide bonds. The number of benzene rings is 1. The third kappa shape index (κ3) is 3.83. The number of aromatic nitrogens is 2. The van der Waals surface area contributed by atoms with Crippen LogP contribution in [0.5, 0.6) is 0 Å². The maximum atomic E-state index is 5.97. The molecule has 2 aromatic rings. The average molecular weight is 277 g/mol. The monoisotopic (exact) mass is 276 g/mol. The van der Waals surface area contributed by atoms with Gasteiger partial charge in [-0.2, -0.15) is 0 Å². The van der Waals surface area contributed by atoms with Crippen molar-refractivity contribution in [2.24, 2.45) is 0 Å². The molecular formula is C14H17ClN4. The van der Waals surface area contributed by atoms with Gasteiger partial charge in [-0.25, -0.2) is 9.97 Å². The van der Waals surface area contributed by atoms with E-state index in [1.807, 2.05) is 14.1 Å². The first kappa shape index (κ1) is 13.6. The molecule has 4 nitrogen and oxygen atoms in total. The summed E-state index contributed by atoms with van der Waals surface area (Å²) in [5.74, 6) is 0.682. The van der Waals surface area contributed by atoms with Crippen molar-refractivity contribution in [2.45, 2.75) is 6.42 Å². The van der Waals surface area contributed by atoms with Crippen molar-refractivity contribution < 1.29 is 0 Å². The molecule has 1 aromatic carbocycles. The molecule has 0 spiro atoms. The molecular weight excluding hydrogens is 260 g/mol. The summed E-state index contributed by atoms with van der Waals surface area (Å²) in [5.41, 5.74) is 2.49. The number of anilines is 2. The first-order valence-electron chi connectivity index (χ1n) is 6.12. The topological polar surface area (TPSA) is 41.0 Å². The summed E-state index contributed by atoms with van der Waals surface area (Å²) in [4.78, 5) is 10.0. The van der Waals surface area contributed by atoms with E-state index < -0.39 is 0 Å². The Bertz CT molecular complexity index is 525. The van der Waals surface area contributed by atoms with Crippen LogP contribution in [0.3, 0.4) is 0 Å². The Labute approximate surface area is 118 Å². The van der Waals surface area contributed by atoms with Gasteiger partial charge in [0.2, 0.25) is 0 Å². The van der Waals surface area contributed by atoms with Crippen molar-refractivity contribution >= 4 is 23.1 Å². The largest absolute Gasteiger partial charge is 0.378 e. The Morgan fingerprint density at radius 1 is 1.21 bits per heavy atom. The molecule has 5 heteroatoms. The lowest BCUT2D eigenvalue weighted by Crippen LogP contribution is -2.09. The molecule has 0 radical (unpaired) electrons. The lowest BCUT2D eigenvalue weighted by atomic mass is 10.1. The molecule has 0 saturated carbocycles. The maximum Gasteiger partial charge on any atom is 0.148 e. The van der Waals surface area contributed by atoms with E-state index in [0.29, 0.717) is 10.8 Å². The third-order valence-electron chi connectivity index (χ3n) is 2.83. The molecule has 1 aromatic heterocycles. The standard InChI is InChI=1S/C14H17ClN4/c1-19(2)12-5-3-11(4-6-12)7-8-17-14-13(15)9-16-10-18-14/h3-6,9-10H,7-8H2,1-2H3,(H,16,17,18). The highest BCUT2D eigenvalue weighted by Crippen LogP contribution is 2.16. The molecule has 2 rings (SSSR count). The van der Waals surface area contributed by atoms with Crippen LogP contribution >= 0.6 is 11.6 Å². The van der Waals surface area contributed by atoms with Crippen molar-refractivity contribution in [1.29, 1.82) is 0 Å². The number of rotatable bonds is 5. The zero-order valence-corrected chi connectivity index (χ0v) is 11.9. The Kier molecular flexibility index (Phi) is 4.58. The van der Waals surface area contributed by atoms with Crippen LogP contribution in [0, 0.1) is 0 Å². The minimum absolute atomic E-state index is 0.547. The Morgan fingerprint density at radius 3 is 2.58 bits per heavy atom. The fourth-order valence-electron chi connectivity index (χ4n) is 1.73. The number of nitrogens with zero attached hydrogens (tertiary/aromatic N) is 3. The maximum absolute atomic E-state index is 5.97. The van der Waals surface area contributed by atoms with Crippen molar-refractivity contribution in [3.63, 3.8) is 0 Å². The smallest absolute Gasteiger partial charge is 0.148 e. The van der Waals surface area contributed by atoms with Gasteiger partial charge >= 0.3 is 0 Å². The second-order valence-corrected chi connectivity index (χ2v) is 4.86. The summed E-state index contributed by atoms with van der Waals surface area (Å²) in [7, 11) is 4.07. The molecule has 0 aliphatic heterocycles. The first-order valence-corrected chi connectivity index (χ1v) is 6.50. The van der Waals surface area contributed by atoms with Gasteiger partial charge in [-0.15, -0.1) is 0 Å². The van der Waals surface area contributed by atoms with Crippen LogP contribution < -0.4 is 10.2 Å². The van der Waals surface area contributed by atoms with Crippen molar-refractivity contribution in [1.82, 2.24) is 9.97 Å². The molecule has 0 fully saturated rings. The zero-order valence-electron chi connectivity index (χ0n) is 11.1. The van der Waals surface area contributed by atoms with Crippen LogP contribution in [0.1, 0.15) is 5.56 Å². The van der Waals surface area contributed by atoms with Crippen LogP contribution in [0.15, 0.2) is 36.8 Å². The van der Waals surface area contributed by atoms with E-state index in [-0.39, 0.29) is 0 Å². The Morgan fingerprint density at radius 2 is 1.95 bits per heavy atom. The van der Waals surface area contributed by atoms with Gasteiger partial charge in [-0.05, 0) is 24.1 Å². The van der Waals surface area contributed by atoms with E-state index in [9.17, 15) is 0 Å². The molecule has 100 valence electrons. The number of nitrogens with one attached hydrogen (secondary N) is 1. The van der Waals surface area contributed by atoms with E-state index >= 15 is 0 Å². The Balaban J connectivity index is 1.87. The van der Waals surface area contributed by atoms with Gasteiger partial charge in [0.05, 0.1) is 6.20 Å². The lowest BCUT2D eigenvalue weighted by molar-refractivity contribution is 0.997. The van der Waals surface area contributed by atoms with Crippen LogP contribution in [0.25, 0.3) is 0 Å².